The molecule has 4 atom stereocenters. The molecule has 0 radical (unpaired) electrons. The number of benzene rings is 4. The normalized spacial score (nSPS) is 27.6. The van der Waals surface area contributed by atoms with Crippen LogP contribution in [-0.2, 0) is 14.4 Å². The fraction of sp³-hybridized carbons (Fsp3) is 0.229. The summed E-state index contributed by atoms with van der Waals surface area (Å²) < 4.78 is 0. The van der Waals surface area contributed by atoms with E-state index in [0.29, 0.717) is 18.5 Å². The molecule has 1 heterocycles. The summed E-state index contributed by atoms with van der Waals surface area (Å²) >= 11 is 0. The third kappa shape index (κ3) is 2.81. The van der Waals surface area contributed by atoms with Crippen molar-refractivity contribution in [2.45, 2.75) is 26.7 Å². The van der Waals surface area contributed by atoms with E-state index in [0.717, 1.165) is 33.0 Å². The van der Waals surface area contributed by atoms with E-state index in [1.165, 1.54) is 4.90 Å². The highest BCUT2D eigenvalue weighted by atomic mass is 16.2. The molecule has 0 unspecified atom stereocenters. The molecule has 2 bridgehead atoms. The summed E-state index contributed by atoms with van der Waals surface area (Å²) in [6.07, 6.45) is 0.916. The number of amides is 2. The largest absolute Gasteiger partial charge is 0.298 e. The van der Waals surface area contributed by atoms with Gasteiger partial charge in [0.1, 0.15) is 0 Å². The minimum absolute atomic E-state index is 0.0348. The first-order valence-corrected chi connectivity index (χ1v) is 13.8. The minimum Gasteiger partial charge on any atom is -0.298 e. The summed E-state index contributed by atoms with van der Waals surface area (Å²) in [5.74, 6) is -1.93. The lowest BCUT2D eigenvalue weighted by Crippen LogP contribution is -2.41. The van der Waals surface area contributed by atoms with E-state index in [1.54, 1.807) is 0 Å². The van der Waals surface area contributed by atoms with E-state index in [-0.39, 0.29) is 17.6 Å². The molecule has 39 heavy (non-hydrogen) atoms. The second-order valence-corrected chi connectivity index (χ2v) is 11.0. The number of carbonyl (C=O) groups excluding carboxylic acids is 3. The van der Waals surface area contributed by atoms with Gasteiger partial charge in [-0.25, -0.2) is 4.90 Å². The van der Waals surface area contributed by atoms with E-state index in [4.69, 9.17) is 0 Å². The van der Waals surface area contributed by atoms with Gasteiger partial charge in [0.25, 0.3) is 0 Å². The number of allylic oxidation sites excluding steroid dienone is 2. The number of hydrogen-bond donors (Lipinski definition) is 0. The maximum Gasteiger partial charge on any atom is 0.239 e. The van der Waals surface area contributed by atoms with Crippen molar-refractivity contribution in [1.29, 1.82) is 0 Å². The molecule has 0 N–H and O–H groups in total. The van der Waals surface area contributed by atoms with Crippen molar-refractivity contribution >= 4 is 45.2 Å². The van der Waals surface area contributed by atoms with Crippen molar-refractivity contribution in [3.05, 3.63) is 114 Å². The highest BCUT2D eigenvalue weighted by Crippen LogP contribution is 2.75. The fourth-order valence-corrected chi connectivity index (χ4v) is 8.03. The number of imide groups is 1. The topological polar surface area (TPSA) is 54.5 Å². The Bertz CT molecular complexity index is 1620. The zero-order valence-electron chi connectivity index (χ0n) is 22.1. The molecule has 4 aromatic carbocycles. The summed E-state index contributed by atoms with van der Waals surface area (Å²) in [5, 5.41) is 2.01. The summed E-state index contributed by atoms with van der Waals surface area (Å²) in [5.41, 5.74) is 2.19. The molecule has 0 spiro atoms. The van der Waals surface area contributed by atoms with Gasteiger partial charge in [-0.1, -0.05) is 105 Å². The Morgan fingerprint density at radius 2 is 1.05 bits per heavy atom. The molecule has 7 rings (SSSR count). The first-order valence-electron chi connectivity index (χ1n) is 13.8. The molecule has 4 nitrogen and oxygen atoms in total. The first-order chi connectivity index (χ1) is 19.0. The Morgan fingerprint density at radius 3 is 1.54 bits per heavy atom. The highest BCUT2D eigenvalue weighted by Gasteiger charge is 2.80. The van der Waals surface area contributed by atoms with E-state index in [1.807, 2.05) is 117 Å². The Balaban J connectivity index is 1.50. The number of hydrogen-bond acceptors (Lipinski definition) is 3. The Labute approximate surface area is 228 Å². The van der Waals surface area contributed by atoms with Crippen molar-refractivity contribution in [2.24, 2.45) is 22.7 Å². The van der Waals surface area contributed by atoms with Crippen molar-refractivity contribution in [1.82, 2.24) is 0 Å². The average Bonchev–Trinajstić information content (AvgIpc) is 3.49. The van der Waals surface area contributed by atoms with Crippen molar-refractivity contribution < 1.29 is 14.4 Å². The van der Waals surface area contributed by atoms with Gasteiger partial charge in [0.15, 0.2) is 5.78 Å². The molecule has 2 aliphatic carbocycles. The summed E-state index contributed by atoms with van der Waals surface area (Å²) in [6, 6.07) is 33.6. The van der Waals surface area contributed by atoms with Gasteiger partial charge in [0.05, 0.1) is 28.4 Å². The molecule has 192 valence electrons. The van der Waals surface area contributed by atoms with Crippen LogP contribution in [0.15, 0.2) is 103 Å². The predicted molar refractivity (Wildman–Crippen MR) is 154 cm³/mol. The number of ketones is 1. The van der Waals surface area contributed by atoms with Gasteiger partial charge in [0, 0.05) is 0 Å². The summed E-state index contributed by atoms with van der Waals surface area (Å²) in [7, 11) is 0. The molecule has 3 aliphatic rings. The van der Waals surface area contributed by atoms with Crippen LogP contribution in [0.2, 0.25) is 0 Å². The number of anilines is 1. The molecular formula is C35H29NO3. The monoisotopic (exact) mass is 511 g/mol. The lowest BCUT2D eigenvalue weighted by molar-refractivity contribution is -0.134. The van der Waals surface area contributed by atoms with Gasteiger partial charge < -0.3 is 0 Å². The van der Waals surface area contributed by atoms with Crippen LogP contribution in [-0.4, -0.2) is 17.6 Å². The van der Waals surface area contributed by atoms with Crippen molar-refractivity contribution in [2.75, 3.05) is 4.90 Å². The van der Waals surface area contributed by atoms with Gasteiger partial charge in [-0.3, -0.25) is 14.4 Å². The summed E-state index contributed by atoms with van der Waals surface area (Å²) in [6.45, 7) is 3.99. The first kappa shape index (κ1) is 23.8. The van der Waals surface area contributed by atoms with Crippen LogP contribution in [0.5, 0.6) is 0 Å². The van der Waals surface area contributed by atoms with Gasteiger partial charge >= 0.3 is 0 Å². The maximum atomic E-state index is 14.8. The smallest absolute Gasteiger partial charge is 0.239 e. The molecule has 2 fully saturated rings. The van der Waals surface area contributed by atoms with E-state index in [9.17, 15) is 14.4 Å². The zero-order valence-corrected chi connectivity index (χ0v) is 22.1. The summed E-state index contributed by atoms with van der Waals surface area (Å²) in [4.78, 5) is 45.1. The van der Waals surface area contributed by atoms with Gasteiger partial charge in [-0.05, 0) is 58.0 Å². The van der Waals surface area contributed by atoms with Crippen molar-refractivity contribution in [3.8, 4) is 0 Å². The maximum absolute atomic E-state index is 14.8. The number of Topliss-reactive ketones (excluding diaryl/α,β-unsaturated/α-hetero) is 1. The standard InChI is InChI=1S/C35H29NO3/c1-3-34-27(23-14-7-5-8-15-23)28(24-16-9-6-10-17-24)35(4-2,33(34)39)30-29(34)31(37)36(32(30)38)26-20-19-22-13-11-12-18-25(22)21-26/h5-21,29-30H,3-4H2,1-2H3/t29-,30+,34-,35+. The van der Waals surface area contributed by atoms with Gasteiger partial charge in [-0.15, -0.1) is 0 Å². The average molecular weight is 512 g/mol. The highest BCUT2D eigenvalue weighted by molar-refractivity contribution is 6.34. The van der Waals surface area contributed by atoms with Crippen LogP contribution in [0, 0.1) is 22.7 Å². The molecule has 4 aromatic rings. The molecule has 1 aliphatic heterocycles. The van der Waals surface area contributed by atoms with Crippen LogP contribution in [0.25, 0.3) is 21.9 Å². The van der Waals surface area contributed by atoms with Gasteiger partial charge in [0.2, 0.25) is 11.8 Å². The zero-order chi connectivity index (χ0) is 26.9. The van der Waals surface area contributed by atoms with E-state index < -0.39 is 22.7 Å². The molecular weight excluding hydrogens is 482 g/mol. The number of carbonyl (C=O) groups is 3. The number of fused-ring (bicyclic) bond motifs is 6. The molecule has 1 saturated carbocycles. The second-order valence-electron chi connectivity index (χ2n) is 11.0. The molecule has 2 amide bonds. The number of rotatable bonds is 5. The quantitative estimate of drug-likeness (QED) is 0.273. The SMILES string of the molecule is CC[C@]12C(=O)[C@](CC)(C(c3ccccc3)=C1c1ccccc1)[C@H]1C(=O)N(c3ccc4ccccc4c3)C(=O)[C@H]12. The third-order valence-electron chi connectivity index (χ3n) is 9.55. The van der Waals surface area contributed by atoms with Crippen LogP contribution < -0.4 is 4.90 Å². The van der Waals surface area contributed by atoms with Crippen LogP contribution >= 0.6 is 0 Å². The van der Waals surface area contributed by atoms with E-state index >= 15 is 0 Å². The van der Waals surface area contributed by atoms with E-state index in [2.05, 4.69) is 0 Å². The Morgan fingerprint density at radius 1 is 0.590 bits per heavy atom. The Hall–Kier alpha value is -4.31. The predicted octanol–water partition coefficient (Wildman–Crippen LogP) is 6.95. The fourth-order valence-electron chi connectivity index (χ4n) is 8.03. The second kappa shape index (κ2) is 8.34. The molecule has 1 saturated heterocycles. The number of nitrogens with zero attached hydrogens (tertiary/aromatic N) is 1. The molecule has 4 heteroatoms. The van der Waals surface area contributed by atoms with Crippen LogP contribution in [0.1, 0.15) is 37.8 Å². The lowest BCUT2D eigenvalue weighted by Gasteiger charge is -2.38. The van der Waals surface area contributed by atoms with Crippen LogP contribution in [0.3, 0.4) is 0 Å². The van der Waals surface area contributed by atoms with Crippen LogP contribution in [0.4, 0.5) is 5.69 Å². The lowest BCUT2D eigenvalue weighted by atomic mass is 9.60. The Kier molecular flexibility index (Phi) is 5.09. The molecule has 0 aromatic heterocycles. The van der Waals surface area contributed by atoms with Crippen molar-refractivity contribution in [3.63, 3.8) is 0 Å². The third-order valence-corrected chi connectivity index (χ3v) is 9.55. The minimum atomic E-state index is -1.06. The van der Waals surface area contributed by atoms with Gasteiger partial charge in [-0.2, -0.15) is 0 Å².